The molecule has 66 valence electrons. The van der Waals surface area contributed by atoms with Crippen LogP contribution in [0.2, 0.25) is 0 Å². The second-order valence-electron chi connectivity index (χ2n) is 4.43. The van der Waals surface area contributed by atoms with E-state index in [0.29, 0.717) is 5.41 Å². The van der Waals surface area contributed by atoms with Crippen LogP contribution in [0.4, 0.5) is 0 Å². The molecule has 2 rings (SSSR count). The summed E-state index contributed by atoms with van der Waals surface area (Å²) in [6.07, 6.45) is 1.67. The minimum Gasteiger partial charge on any atom is -0.383 e. The lowest BCUT2D eigenvalue weighted by atomic mass is 9.60. The molecular formula is C9H13NOS. The van der Waals surface area contributed by atoms with Gasteiger partial charge >= 0.3 is 0 Å². The first kappa shape index (κ1) is 8.20. The van der Waals surface area contributed by atoms with Gasteiger partial charge in [-0.25, -0.2) is 0 Å². The van der Waals surface area contributed by atoms with Crippen LogP contribution in [0, 0.1) is 5.41 Å². The molecule has 1 fully saturated rings. The minimum atomic E-state index is -0.622. The van der Waals surface area contributed by atoms with Crippen molar-refractivity contribution in [2.45, 2.75) is 32.3 Å². The molecule has 0 saturated heterocycles. The number of nitrogens with zero attached hydrogens (tertiary/aromatic N) is 1. The zero-order chi connectivity index (χ0) is 8.82. The second-order valence-corrected chi connectivity index (χ2v) is 5.10. The van der Waals surface area contributed by atoms with Gasteiger partial charge in [-0.15, -0.1) is 0 Å². The first-order chi connectivity index (χ1) is 5.52. The molecule has 1 N–H and O–H groups in total. The molecular weight excluding hydrogens is 170 g/mol. The zero-order valence-corrected chi connectivity index (χ0v) is 8.19. The number of rotatable bonds is 1. The van der Waals surface area contributed by atoms with Crippen LogP contribution in [0.25, 0.3) is 0 Å². The molecule has 1 heterocycles. The Morgan fingerprint density at radius 2 is 2.17 bits per heavy atom. The molecule has 2 nitrogen and oxygen atoms in total. The van der Waals surface area contributed by atoms with E-state index in [-0.39, 0.29) is 0 Å². The maximum Gasteiger partial charge on any atom is 0.109 e. The molecule has 0 radical (unpaired) electrons. The Labute approximate surface area is 76.4 Å². The molecule has 1 saturated carbocycles. The monoisotopic (exact) mass is 183 g/mol. The highest BCUT2D eigenvalue weighted by molar-refractivity contribution is 7.03. The van der Waals surface area contributed by atoms with Crippen molar-refractivity contribution < 1.29 is 5.11 Å². The average molecular weight is 183 g/mol. The third-order valence-corrected chi connectivity index (χ3v) is 3.02. The van der Waals surface area contributed by atoms with Crippen LogP contribution in [-0.4, -0.2) is 9.48 Å². The van der Waals surface area contributed by atoms with E-state index in [1.165, 1.54) is 11.5 Å². The van der Waals surface area contributed by atoms with Crippen molar-refractivity contribution in [3.05, 3.63) is 17.1 Å². The molecule has 1 aliphatic rings. The number of aromatic nitrogens is 1. The summed E-state index contributed by atoms with van der Waals surface area (Å²) in [6, 6.07) is 1.92. The summed E-state index contributed by atoms with van der Waals surface area (Å²) in [5.41, 5.74) is 0.522. The largest absolute Gasteiger partial charge is 0.383 e. The molecule has 12 heavy (non-hydrogen) atoms. The van der Waals surface area contributed by atoms with E-state index in [2.05, 4.69) is 18.2 Å². The van der Waals surface area contributed by atoms with Crippen LogP contribution in [-0.2, 0) is 5.60 Å². The van der Waals surface area contributed by atoms with Crippen molar-refractivity contribution in [1.29, 1.82) is 0 Å². The Morgan fingerprint density at radius 3 is 2.58 bits per heavy atom. The van der Waals surface area contributed by atoms with Gasteiger partial charge in [0, 0.05) is 5.38 Å². The van der Waals surface area contributed by atoms with E-state index < -0.39 is 5.60 Å². The Kier molecular flexibility index (Phi) is 1.57. The third-order valence-electron chi connectivity index (χ3n) is 2.46. The molecule has 0 aromatic carbocycles. The predicted molar refractivity (Wildman–Crippen MR) is 49.0 cm³/mol. The highest BCUT2D eigenvalue weighted by Crippen LogP contribution is 2.53. The fourth-order valence-electron chi connectivity index (χ4n) is 2.17. The first-order valence-corrected chi connectivity index (χ1v) is 4.99. The van der Waals surface area contributed by atoms with E-state index in [9.17, 15) is 5.11 Å². The molecule has 0 atom stereocenters. The molecule has 0 amide bonds. The van der Waals surface area contributed by atoms with Gasteiger partial charge in [-0.1, -0.05) is 13.8 Å². The maximum absolute atomic E-state index is 10.1. The molecule has 0 unspecified atom stereocenters. The molecule has 0 spiro atoms. The molecule has 0 aliphatic heterocycles. The van der Waals surface area contributed by atoms with Crippen LogP contribution >= 0.6 is 11.5 Å². The van der Waals surface area contributed by atoms with Crippen LogP contribution in [0.3, 0.4) is 0 Å². The van der Waals surface area contributed by atoms with Crippen LogP contribution in [0.15, 0.2) is 11.4 Å². The summed E-state index contributed by atoms with van der Waals surface area (Å²) >= 11 is 1.41. The Bertz CT molecular complexity index is 271. The van der Waals surface area contributed by atoms with Gasteiger partial charge in [-0.3, -0.25) is 0 Å². The van der Waals surface area contributed by atoms with Crippen molar-refractivity contribution in [2.75, 3.05) is 0 Å². The van der Waals surface area contributed by atoms with Gasteiger partial charge < -0.3 is 5.11 Å². The molecule has 0 bridgehead atoms. The summed E-state index contributed by atoms with van der Waals surface area (Å²) in [7, 11) is 0. The lowest BCUT2D eigenvalue weighted by Gasteiger charge is -2.48. The summed E-state index contributed by atoms with van der Waals surface area (Å²) in [5, 5.41) is 12.0. The first-order valence-electron chi connectivity index (χ1n) is 4.15. The number of aliphatic hydroxyl groups is 1. The number of hydrogen-bond donors (Lipinski definition) is 1. The quantitative estimate of drug-likeness (QED) is 0.723. The second kappa shape index (κ2) is 2.30. The Morgan fingerprint density at radius 1 is 1.50 bits per heavy atom. The fraction of sp³-hybridized carbons (Fsp3) is 0.667. The number of hydrogen-bond acceptors (Lipinski definition) is 3. The molecule has 1 aromatic heterocycles. The van der Waals surface area contributed by atoms with Gasteiger partial charge in [0.25, 0.3) is 0 Å². The zero-order valence-electron chi connectivity index (χ0n) is 7.37. The van der Waals surface area contributed by atoms with Gasteiger partial charge in [-0.05, 0) is 35.9 Å². The summed E-state index contributed by atoms with van der Waals surface area (Å²) in [5.74, 6) is 0. The van der Waals surface area contributed by atoms with Crippen molar-refractivity contribution in [2.24, 2.45) is 5.41 Å². The maximum atomic E-state index is 10.1. The van der Waals surface area contributed by atoms with E-state index in [1.54, 1.807) is 0 Å². The van der Waals surface area contributed by atoms with E-state index >= 15 is 0 Å². The highest BCUT2D eigenvalue weighted by atomic mass is 32.1. The van der Waals surface area contributed by atoms with E-state index in [1.807, 2.05) is 11.4 Å². The third kappa shape index (κ3) is 1.17. The molecule has 1 aromatic rings. The average Bonchev–Trinajstić information content (AvgIpc) is 2.31. The lowest BCUT2D eigenvalue weighted by molar-refractivity contribution is -0.121. The Hall–Kier alpha value is -0.410. The standard InChI is InChI=1S/C9H13NOS/c1-8(2)5-9(11,6-8)7-3-4-12-10-7/h3-4,11H,5-6H2,1-2H3. The van der Waals surface area contributed by atoms with Gasteiger partial charge in [0.1, 0.15) is 5.60 Å². The van der Waals surface area contributed by atoms with Crippen molar-refractivity contribution in [3.63, 3.8) is 0 Å². The van der Waals surface area contributed by atoms with Gasteiger partial charge in [0.05, 0.1) is 5.69 Å². The lowest BCUT2D eigenvalue weighted by Crippen LogP contribution is -2.46. The van der Waals surface area contributed by atoms with E-state index in [4.69, 9.17) is 0 Å². The van der Waals surface area contributed by atoms with Gasteiger partial charge in [-0.2, -0.15) is 4.37 Å². The van der Waals surface area contributed by atoms with Crippen LogP contribution in [0.5, 0.6) is 0 Å². The topological polar surface area (TPSA) is 33.1 Å². The smallest absolute Gasteiger partial charge is 0.109 e. The van der Waals surface area contributed by atoms with Crippen molar-refractivity contribution in [3.8, 4) is 0 Å². The predicted octanol–water partition coefficient (Wildman–Crippen LogP) is 2.15. The van der Waals surface area contributed by atoms with E-state index in [0.717, 1.165) is 18.5 Å². The summed E-state index contributed by atoms with van der Waals surface area (Å²) in [4.78, 5) is 0. The normalized spacial score (nSPS) is 24.9. The van der Waals surface area contributed by atoms with Gasteiger partial charge in [0.2, 0.25) is 0 Å². The van der Waals surface area contributed by atoms with Gasteiger partial charge in [0.15, 0.2) is 0 Å². The minimum absolute atomic E-state index is 0.290. The van der Waals surface area contributed by atoms with Crippen LogP contribution in [0.1, 0.15) is 32.4 Å². The van der Waals surface area contributed by atoms with Crippen LogP contribution < -0.4 is 0 Å². The fourth-order valence-corrected chi connectivity index (χ4v) is 2.76. The summed E-state index contributed by atoms with van der Waals surface area (Å²) < 4.78 is 4.17. The van der Waals surface area contributed by atoms with Crippen molar-refractivity contribution in [1.82, 2.24) is 4.37 Å². The molecule has 1 aliphatic carbocycles. The molecule has 3 heteroatoms. The summed E-state index contributed by atoms with van der Waals surface area (Å²) in [6.45, 7) is 4.35. The SMILES string of the molecule is CC1(C)CC(O)(c2ccsn2)C1. The Balaban J connectivity index is 2.18. The highest BCUT2D eigenvalue weighted by Gasteiger charge is 2.50. The van der Waals surface area contributed by atoms with Crippen molar-refractivity contribution >= 4 is 11.5 Å².